The van der Waals surface area contributed by atoms with Crippen molar-refractivity contribution in [2.75, 3.05) is 0 Å². The van der Waals surface area contributed by atoms with Crippen LogP contribution in [0.2, 0.25) is 0 Å². The van der Waals surface area contributed by atoms with Gasteiger partial charge in [-0.2, -0.15) is 0 Å². The minimum Gasteiger partial charge on any atom is -0.391 e. The molecule has 1 saturated carbocycles. The van der Waals surface area contributed by atoms with Gasteiger partial charge in [-0.05, 0) is 23.3 Å². The Labute approximate surface area is 143 Å². The van der Waals surface area contributed by atoms with Gasteiger partial charge in [0.2, 0.25) is 0 Å². The van der Waals surface area contributed by atoms with Crippen molar-refractivity contribution in [3.05, 3.63) is 71.8 Å². The molecule has 0 amide bonds. The SMILES string of the molecule is CC1(C)CC1C1OC1/C(=N/OCc1ccccc1)c1ccccc1. The van der Waals surface area contributed by atoms with Gasteiger partial charge in [-0.3, -0.25) is 0 Å². The Bertz CT molecular complexity index is 724. The molecule has 1 aliphatic carbocycles. The second-order valence-electron chi connectivity index (χ2n) is 7.42. The Kier molecular flexibility index (Phi) is 3.89. The number of oxime groups is 1. The van der Waals surface area contributed by atoms with E-state index in [1.165, 1.54) is 6.42 Å². The van der Waals surface area contributed by atoms with Crippen molar-refractivity contribution in [1.82, 2.24) is 0 Å². The zero-order valence-corrected chi connectivity index (χ0v) is 14.2. The topological polar surface area (TPSA) is 34.1 Å². The summed E-state index contributed by atoms with van der Waals surface area (Å²) in [4.78, 5) is 5.65. The maximum atomic E-state index is 5.99. The average Bonchev–Trinajstić information content (AvgIpc) is 3.50. The summed E-state index contributed by atoms with van der Waals surface area (Å²) in [5.74, 6) is 0.644. The van der Waals surface area contributed by atoms with Crippen LogP contribution in [0, 0.1) is 11.3 Å². The highest BCUT2D eigenvalue weighted by atomic mass is 16.6. The predicted molar refractivity (Wildman–Crippen MR) is 94.8 cm³/mol. The normalized spacial score (nSPS) is 27.6. The zero-order chi connectivity index (χ0) is 16.6. The number of epoxide rings is 1. The second-order valence-corrected chi connectivity index (χ2v) is 7.42. The number of hydrogen-bond acceptors (Lipinski definition) is 3. The number of rotatable bonds is 6. The number of nitrogens with zero attached hydrogens (tertiary/aromatic N) is 1. The predicted octanol–water partition coefficient (Wildman–Crippen LogP) is 4.42. The van der Waals surface area contributed by atoms with E-state index in [0.29, 0.717) is 24.0 Å². The van der Waals surface area contributed by atoms with Gasteiger partial charge in [-0.25, -0.2) is 0 Å². The lowest BCUT2D eigenvalue weighted by atomic mass is 10.0. The first-order valence-electron chi connectivity index (χ1n) is 8.60. The lowest BCUT2D eigenvalue weighted by molar-refractivity contribution is 0.129. The molecule has 3 unspecified atom stereocenters. The number of hydrogen-bond donors (Lipinski definition) is 0. The van der Waals surface area contributed by atoms with Crippen molar-refractivity contribution in [3.63, 3.8) is 0 Å². The van der Waals surface area contributed by atoms with E-state index < -0.39 is 0 Å². The minimum absolute atomic E-state index is 0.0648. The molecule has 2 aromatic rings. The van der Waals surface area contributed by atoms with E-state index in [4.69, 9.17) is 9.57 Å². The minimum atomic E-state index is 0.0648. The third kappa shape index (κ3) is 3.22. The molecule has 3 heteroatoms. The Hall–Kier alpha value is -2.13. The van der Waals surface area contributed by atoms with E-state index in [1.54, 1.807) is 0 Å². The number of benzene rings is 2. The molecule has 1 heterocycles. The van der Waals surface area contributed by atoms with Crippen molar-refractivity contribution in [2.24, 2.45) is 16.5 Å². The maximum absolute atomic E-state index is 5.99. The van der Waals surface area contributed by atoms with Gasteiger partial charge in [0.15, 0.2) is 0 Å². The molecule has 4 rings (SSSR count). The molecule has 124 valence electrons. The summed E-state index contributed by atoms with van der Waals surface area (Å²) in [6, 6.07) is 20.3. The molecule has 1 aliphatic heterocycles. The van der Waals surface area contributed by atoms with E-state index in [-0.39, 0.29) is 6.10 Å². The van der Waals surface area contributed by atoms with Gasteiger partial charge in [-0.1, -0.05) is 79.7 Å². The fourth-order valence-electron chi connectivity index (χ4n) is 3.35. The first-order valence-corrected chi connectivity index (χ1v) is 8.60. The molecule has 0 spiro atoms. The summed E-state index contributed by atoms with van der Waals surface area (Å²) in [6.45, 7) is 5.09. The van der Waals surface area contributed by atoms with Crippen LogP contribution in [-0.2, 0) is 16.2 Å². The zero-order valence-electron chi connectivity index (χ0n) is 14.2. The molecule has 2 fully saturated rings. The quantitative estimate of drug-likeness (QED) is 0.448. The van der Waals surface area contributed by atoms with Gasteiger partial charge in [-0.15, -0.1) is 0 Å². The molecule has 3 nitrogen and oxygen atoms in total. The van der Waals surface area contributed by atoms with Gasteiger partial charge >= 0.3 is 0 Å². The summed E-state index contributed by atoms with van der Waals surface area (Å²) >= 11 is 0. The molecule has 0 N–H and O–H groups in total. The van der Waals surface area contributed by atoms with Crippen LogP contribution >= 0.6 is 0 Å². The lowest BCUT2D eigenvalue weighted by Gasteiger charge is -2.06. The molecule has 2 aliphatic rings. The van der Waals surface area contributed by atoms with Crippen molar-refractivity contribution < 1.29 is 9.57 Å². The summed E-state index contributed by atoms with van der Waals surface area (Å²) in [6.07, 6.45) is 1.59. The highest BCUT2D eigenvalue weighted by Gasteiger charge is 2.61. The van der Waals surface area contributed by atoms with Gasteiger partial charge in [0.05, 0.1) is 6.10 Å². The van der Waals surface area contributed by atoms with E-state index in [2.05, 4.69) is 31.1 Å². The molecule has 1 saturated heterocycles. The van der Waals surface area contributed by atoms with Gasteiger partial charge < -0.3 is 9.57 Å². The van der Waals surface area contributed by atoms with Crippen LogP contribution in [0.3, 0.4) is 0 Å². The van der Waals surface area contributed by atoms with Crippen molar-refractivity contribution in [3.8, 4) is 0 Å². The van der Waals surface area contributed by atoms with Gasteiger partial charge in [0.25, 0.3) is 0 Å². The third-order valence-corrected chi connectivity index (χ3v) is 5.09. The average molecular weight is 321 g/mol. The monoisotopic (exact) mass is 321 g/mol. The Morgan fingerprint density at radius 3 is 2.33 bits per heavy atom. The summed E-state index contributed by atoms with van der Waals surface area (Å²) < 4.78 is 5.99. The van der Waals surface area contributed by atoms with Crippen LogP contribution in [0.4, 0.5) is 0 Å². The highest BCUT2D eigenvalue weighted by molar-refractivity contribution is 6.05. The molecule has 0 aromatic heterocycles. The van der Waals surface area contributed by atoms with E-state index in [9.17, 15) is 0 Å². The van der Waals surface area contributed by atoms with Crippen LogP contribution in [0.1, 0.15) is 31.4 Å². The number of ether oxygens (including phenoxy) is 1. The summed E-state index contributed by atoms with van der Waals surface area (Å²) in [7, 11) is 0. The molecule has 24 heavy (non-hydrogen) atoms. The first kappa shape index (κ1) is 15.4. The molecular weight excluding hydrogens is 298 g/mol. The van der Waals surface area contributed by atoms with Crippen LogP contribution < -0.4 is 0 Å². The lowest BCUT2D eigenvalue weighted by Crippen LogP contribution is -2.14. The highest BCUT2D eigenvalue weighted by Crippen LogP contribution is 2.59. The third-order valence-electron chi connectivity index (χ3n) is 5.09. The Balaban J connectivity index is 1.48. The van der Waals surface area contributed by atoms with E-state index >= 15 is 0 Å². The molecule has 0 bridgehead atoms. The van der Waals surface area contributed by atoms with Crippen LogP contribution in [-0.4, -0.2) is 17.9 Å². The largest absolute Gasteiger partial charge is 0.391 e. The van der Waals surface area contributed by atoms with Crippen molar-refractivity contribution in [1.29, 1.82) is 0 Å². The van der Waals surface area contributed by atoms with Crippen LogP contribution in [0.5, 0.6) is 0 Å². The first-order chi connectivity index (χ1) is 11.6. The standard InChI is InChI=1S/C21H23NO2/c1-21(2)13-17(21)19-20(24-19)18(16-11-7-4-8-12-16)22-23-14-15-9-5-3-6-10-15/h3-12,17,19-20H,13-14H2,1-2H3/b22-18+. The molecule has 3 atom stereocenters. The van der Waals surface area contributed by atoms with Crippen molar-refractivity contribution in [2.45, 2.75) is 39.1 Å². The Morgan fingerprint density at radius 1 is 1.08 bits per heavy atom. The van der Waals surface area contributed by atoms with Crippen LogP contribution in [0.15, 0.2) is 65.8 Å². The Morgan fingerprint density at radius 2 is 1.71 bits per heavy atom. The molecular formula is C21H23NO2. The van der Waals surface area contributed by atoms with E-state index in [1.807, 2.05) is 48.5 Å². The fraction of sp³-hybridized carbons (Fsp3) is 0.381. The molecule has 2 aromatic carbocycles. The maximum Gasteiger partial charge on any atom is 0.142 e. The molecule has 0 radical (unpaired) electrons. The fourth-order valence-corrected chi connectivity index (χ4v) is 3.35. The smallest absolute Gasteiger partial charge is 0.142 e. The summed E-state index contributed by atoms with van der Waals surface area (Å²) in [5.41, 5.74) is 3.52. The van der Waals surface area contributed by atoms with Crippen molar-refractivity contribution >= 4 is 5.71 Å². The van der Waals surface area contributed by atoms with Crippen LogP contribution in [0.25, 0.3) is 0 Å². The van der Waals surface area contributed by atoms with E-state index in [0.717, 1.165) is 16.8 Å². The second kappa shape index (κ2) is 6.06. The summed E-state index contributed by atoms with van der Waals surface area (Å²) in [5, 5.41) is 4.45. The van der Waals surface area contributed by atoms with Gasteiger partial charge in [0.1, 0.15) is 18.4 Å². The van der Waals surface area contributed by atoms with Gasteiger partial charge in [0, 0.05) is 5.56 Å².